The van der Waals surface area contributed by atoms with Crippen LogP contribution in [0.15, 0.2) is 28.5 Å². The molecule has 0 unspecified atom stereocenters. The van der Waals surface area contributed by atoms with Crippen molar-refractivity contribution in [3.05, 3.63) is 44.5 Å². The molecule has 30 heavy (non-hydrogen) atoms. The molecule has 1 aromatic carbocycles. The zero-order valence-electron chi connectivity index (χ0n) is 16.8. The third kappa shape index (κ3) is 5.30. The first-order chi connectivity index (χ1) is 14.3. The van der Waals surface area contributed by atoms with Crippen LogP contribution in [0.5, 0.6) is 5.75 Å². The number of aryl methyl sites for hydroxylation is 2. The van der Waals surface area contributed by atoms with Gasteiger partial charge in [0.05, 0.1) is 4.91 Å². The third-order valence-corrected chi connectivity index (χ3v) is 7.12. The number of carboxylic acids is 1. The number of thiocarbonyl (C=S) groups is 1. The summed E-state index contributed by atoms with van der Waals surface area (Å²) in [6.45, 7) is 4.28. The minimum absolute atomic E-state index is 0.0884. The number of hydrogen-bond acceptors (Lipinski definition) is 6. The minimum Gasteiger partial charge on any atom is -0.507 e. The summed E-state index contributed by atoms with van der Waals surface area (Å²) < 4.78 is 0.547. The third-order valence-electron chi connectivity index (χ3n) is 4.86. The van der Waals surface area contributed by atoms with E-state index in [4.69, 9.17) is 17.3 Å². The number of benzene rings is 1. The van der Waals surface area contributed by atoms with Gasteiger partial charge >= 0.3 is 5.97 Å². The quantitative estimate of drug-likeness (QED) is 0.303. The van der Waals surface area contributed by atoms with Crippen molar-refractivity contribution in [2.24, 2.45) is 0 Å². The summed E-state index contributed by atoms with van der Waals surface area (Å²) in [5.41, 5.74) is 3.75. The maximum absolute atomic E-state index is 12.7. The molecule has 8 heteroatoms. The number of rotatable bonds is 8. The van der Waals surface area contributed by atoms with Gasteiger partial charge in [0.1, 0.15) is 10.1 Å². The van der Waals surface area contributed by atoms with Crippen LogP contribution in [0.2, 0.25) is 0 Å². The van der Waals surface area contributed by atoms with Crippen molar-refractivity contribution in [1.82, 2.24) is 4.90 Å². The number of aromatic hydroxyl groups is 1. The van der Waals surface area contributed by atoms with Crippen LogP contribution in [0.1, 0.15) is 41.7 Å². The van der Waals surface area contributed by atoms with Gasteiger partial charge in [-0.25, -0.2) is 0 Å². The van der Waals surface area contributed by atoms with Gasteiger partial charge in [-0.05, 0) is 78.6 Å². The Morgan fingerprint density at radius 3 is 2.50 bits per heavy atom. The topological polar surface area (TPSA) is 77.8 Å². The Balaban J connectivity index is 1.67. The highest BCUT2D eigenvalue weighted by molar-refractivity contribution is 8.26. The monoisotopic (exact) mass is 461 g/mol. The molecule has 1 aliphatic heterocycles. The lowest BCUT2D eigenvalue weighted by Crippen LogP contribution is -2.29. The van der Waals surface area contributed by atoms with E-state index in [9.17, 15) is 14.7 Å². The maximum atomic E-state index is 12.7. The number of thioether (sulfide) groups is 1. The lowest BCUT2D eigenvalue weighted by Gasteiger charge is -2.13. The van der Waals surface area contributed by atoms with E-state index in [0.717, 1.165) is 40.0 Å². The van der Waals surface area contributed by atoms with Gasteiger partial charge in [-0.2, -0.15) is 0 Å². The molecular weight excluding hydrogens is 438 g/mol. The van der Waals surface area contributed by atoms with E-state index in [0.29, 0.717) is 27.9 Å². The molecule has 1 aromatic heterocycles. The van der Waals surface area contributed by atoms with E-state index in [1.54, 1.807) is 16.2 Å². The van der Waals surface area contributed by atoms with Crippen LogP contribution in [0.3, 0.4) is 0 Å². The largest absolute Gasteiger partial charge is 0.507 e. The zero-order valence-corrected chi connectivity index (χ0v) is 19.3. The van der Waals surface area contributed by atoms with E-state index < -0.39 is 5.97 Å². The zero-order chi connectivity index (χ0) is 21.8. The van der Waals surface area contributed by atoms with Crippen LogP contribution < -0.4 is 0 Å². The Kier molecular flexibility index (Phi) is 7.33. The molecule has 0 saturated carbocycles. The first kappa shape index (κ1) is 22.5. The summed E-state index contributed by atoms with van der Waals surface area (Å²) in [5, 5.41) is 20.7. The second-order valence-corrected chi connectivity index (χ2v) is 9.85. The van der Waals surface area contributed by atoms with E-state index in [1.165, 1.54) is 11.8 Å². The smallest absolute Gasteiger partial charge is 0.303 e. The summed E-state index contributed by atoms with van der Waals surface area (Å²) in [4.78, 5) is 26.5. The number of nitrogens with zero attached hydrogens (tertiary/aromatic N) is 1. The van der Waals surface area contributed by atoms with Gasteiger partial charge in [-0.1, -0.05) is 30.4 Å². The molecule has 2 N–H and O–H groups in total. The summed E-state index contributed by atoms with van der Waals surface area (Å²) >= 11 is 8.23. The van der Waals surface area contributed by atoms with Crippen molar-refractivity contribution in [2.75, 3.05) is 6.54 Å². The van der Waals surface area contributed by atoms with Crippen molar-refractivity contribution in [1.29, 1.82) is 0 Å². The van der Waals surface area contributed by atoms with Crippen molar-refractivity contribution in [2.45, 2.75) is 39.5 Å². The van der Waals surface area contributed by atoms with E-state index in [1.807, 2.05) is 43.5 Å². The standard InChI is InChI=1S/C22H23NO4S3/c1-13-8-15(9-14(2)20(13)26)16-10-17(29-12-16)11-18-21(27)23(22(28)30-18)7-5-3-4-6-19(24)25/h8-12,26H,3-7H2,1-2H3,(H,24,25)/b18-11-. The average Bonchev–Trinajstić information content (AvgIpc) is 3.25. The molecule has 1 fully saturated rings. The van der Waals surface area contributed by atoms with Crippen LogP contribution in [0.4, 0.5) is 0 Å². The SMILES string of the molecule is Cc1cc(-c2csc(/C=C3\SC(=S)N(CCCCCC(=O)O)C3=O)c2)cc(C)c1O. The Bertz CT molecular complexity index is 1000. The Labute approximate surface area is 189 Å². The predicted molar refractivity (Wildman–Crippen MR) is 127 cm³/mol. The number of phenols is 1. The summed E-state index contributed by atoms with van der Waals surface area (Å²) in [6, 6.07) is 5.95. The first-order valence-electron chi connectivity index (χ1n) is 9.62. The molecule has 1 amide bonds. The van der Waals surface area contributed by atoms with E-state index >= 15 is 0 Å². The molecule has 5 nitrogen and oxygen atoms in total. The van der Waals surface area contributed by atoms with Gasteiger partial charge in [0.15, 0.2) is 0 Å². The molecule has 1 aliphatic rings. The number of carbonyl (C=O) groups excluding carboxylic acids is 1. The van der Waals surface area contributed by atoms with Gasteiger partial charge in [0.2, 0.25) is 0 Å². The van der Waals surface area contributed by atoms with Crippen molar-refractivity contribution in [3.63, 3.8) is 0 Å². The molecule has 2 heterocycles. The average molecular weight is 462 g/mol. The molecule has 0 aliphatic carbocycles. The van der Waals surface area contributed by atoms with Gasteiger partial charge in [-0.3, -0.25) is 14.5 Å². The number of carboxylic acid groups (broad SMARTS) is 1. The molecule has 0 atom stereocenters. The number of thiophene rings is 1. The number of amides is 1. The summed E-state index contributed by atoms with van der Waals surface area (Å²) in [5.74, 6) is -0.563. The van der Waals surface area contributed by atoms with Crippen LogP contribution >= 0.6 is 35.3 Å². The highest BCUT2D eigenvalue weighted by Crippen LogP contribution is 2.36. The van der Waals surface area contributed by atoms with Crippen molar-refractivity contribution in [3.8, 4) is 16.9 Å². The van der Waals surface area contributed by atoms with E-state index in [2.05, 4.69) is 0 Å². The fourth-order valence-corrected chi connectivity index (χ4v) is 5.47. The number of carbonyl (C=O) groups is 2. The Morgan fingerprint density at radius 1 is 1.13 bits per heavy atom. The number of unbranched alkanes of at least 4 members (excludes halogenated alkanes) is 2. The van der Waals surface area contributed by atoms with Crippen molar-refractivity contribution < 1.29 is 19.8 Å². The second-order valence-electron chi connectivity index (χ2n) is 7.23. The highest BCUT2D eigenvalue weighted by Gasteiger charge is 2.31. The lowest BCUT2D eigenvalue weighted by atomic mass is 10.0. The number of phenolic OH excluding ortho intramolecular Hbond substituents is 1. The van der Waals surface area contributed by atoms with E-state index in [-0.39, 0.29) is 12.3 Å². The molecule has 0 bridgehead atoms. The molecule has 3 rings (SSSR count). The summed E-state index contributed by atoms with van der Waals surface area (Å²) in [6.07, 6.45) is 4.11. The van der Waals surface area contributed by atoms with Gasteiger partial charge in [0.25, 0.3) is 5.91 Å². The minimum atomic E-state index is -0.795. The summed E-state index contributed by atoms with van der Waals surface area (Å²) in [7, 11) is 0. The van der Waals surface area contributed by atoms with Crippen LogP contribution in [0.25, 0.3) is 17.2 Å². The Morgan fingerprint density at radius 2 is 1.83 bits per heavy atom. The first-order valence-corrected chi connectivity index (χ1v) is 11.7. The van der Waals surface area contributed by atoms with Crippen molar-refractivity contribution >= 4 is 57.6 Å². The highest BCUT2D eigenvalue weighted by atomic mass is 32.2. The maximum Gasteiger partial charge on any atom is 0.303 e. The molecule has 0 spiro atoms. The fourth-order valence-electron chi connectivity index (χ4n) is 3.25. The number of aliphatic carboxylic acids is 1. The molecule has 0 radical (unpaired) electrons. The van der Waals surface area contributed by atoms with Gasteiger partial charge in [0, 0.05) is 17.8 Å². The van der Waals surface area contributed by atoms with Crippen LogP contribution in [0, 0.1) is 13.8 Å². The predicted octanol–water partition coefficient (Wildman–Crippen LogP) is 5.58. The fraction of sp³-hybridized carbons (Fsp3) is 0.318. The molecule has 2 aromatic rings. The molecule has 158 valence electrons. The molecular formula is C22H23NO4S3. The van der Waals surface area contributed by atoms with Crippen LogP contribution in [-0.2, 0) is 9.59 Å². The normalized spacial score (nSPS) is 15.4. The van der Waals surface area contributed by atoms with Gasteiger partial charge < -0.3 is 10.2 Å². The van der Waals surface area contributed by atoms with Crippen LogP contribution in [-0.4, -0.2) is 37.9 Å². The lowest BCUT2D eigenvalue weighted by molar-refractivity contribution is -0.137. The number of hydrogen-bond donors (Lipinski definition) is 2. The second kappa shape index (κ2) is 9.76. The Hall–Kier alpha value is -2.16. The molecule has 1 saturated heterocycles. The van der Waals surface area contributed by atoms with Gasteiger partial charge in [-0.15, -0.1) is 11.3 Å².